The van der Waals surface area contributed by atoms with Crippen LogP contribution in [0.4, 0.5) is 0 Å². The van der Waals surface area contributed by atoms with Crippen LogP contribution in [0, 0.1) is 0 Å². The monoisotopic (exact) mass is 271 g/mol. The fourth-order valence-corrected chi connectivity index (χ4v) is 1.89. The molecule has 106 valence electrons. The van der Waals surface area contributed by atoms with Crippen LogP contribution >= 0.6 is 0 Å². The van der Waals surface area contributed by atoms with Crippen LogP contribution < -0.4 is 9.47 Å². The summed E-state index contributed by atoms with van der Waals surface area (Å²) in [6.07, 6.45) is 0.614. The Morgan fingerprint density at radius 1 is 0.850 bits per heavy atom. The number of ether oxygens (including phenoxy) is 2. The predicted octanol–water partition coefficient (Wildman–Crippen LogP) is 3.77. The predicted molar refractivity (Wildman–Crippen MR) is 80.8 cm³/mol. The lowest BCUT2D eigenvalue weighted by Crippen LogP contribution is -2.41. The minimum absolute atomic E-state index is 0.431. The van der Waals surface area contributed by atoms with Crippen LogP contribution in [0.15, 0.2) is 60.7 Å². The fourth-order valence-electron chi connectivity index (χ4n) is 1.89. The SMILES string of the molecule is CCCN(C)C(Oc1ccccc1)Oc1ccccc1. The summed E-state index contributed by atoms with van der Waals surface area (Å²) < 4.78 is 11.9. The van der Waals surface area contributed by atoms with E-state index in [-0.39, 0.29) is 0 Å². The molecule has 3 heteroatoms. The van der Waals surface area contributed by atoms with E-state index in [0.717, 1.165) is 24.5 Å². The van der Waals surface area contributed by atoms with Crippen molar-refractivity contribution >= 4 is 0 Å². The van der Waals surface area contributed by atoms with Gasteiger partial charge in [0.1, 0.15) is 11.5 Å². The highest BCUT2D eigenvalue weighted by atomic mass is 16.7. The summed E-state index contributed by atoms with van der Waals surface area (Å²) in [6, 6.07) is 19.5. The maximum Gasteiger partial charge on any atom is 0.304 e. The first-order valence-electron chi connectivity index (χ1n) is 6.93. The molecule has 0 aliphatic heterocycles. The molecule has 0 aliphatic rings. The highest BCUT2D eigenvalue weighted by Gasteiger charge is 2.17. The highest BCUT2D eigenvalue weighted by molar-refractivity contribution is 5.23. The van der Waals surface area contributed by atoms with Crippen molar-refractivity contribution in [1.29, 1.82) is 0 Å². The molecular weight excluding hydrogens is 250 g/mol. The minimum Gasteiger partial charge on any atom is -0.442 e. The van der Waals surface area contributed by atoms with Crippen LogP contribution in [0.2, 0.25) is 0 Å². The number of benzene rings is 2. The molecule has 0 saturated heterocycles. The molecule has 3 nitrogen and oxygen atoms in total. The van der Waals surface area contributed by atoms with E-state index in [9.17, 15) is 0 Å². The molecule has 0 spiro atoms. The summed E-state index contributed by atoms with van der Waals surface area (Å²) in [5, 5.41) is 0. The van der Waals surface area contributed by atoms with Gasteiger partial charge in [-0.15, -0.1) is 0 Å². The highest BCUT2D eigenvalue weighted by Crippen LogP contribution is 2.17. The van der Waals surface area contributed by atoms with Crippen molar-refractivity contribution in [2.45, 2.75) is 19.8 Å². The maximum atomic E-state index is 5.94. The second-order valence-electron chi connectivity index (χ2n) is 4.65. The quantitative estimate of drug-likeness (QED) is 0.715. The van der Waals surface area contributed by atoms with Gasteiger partial charge in [-0.2, -0.15) is 0 Å². The standard InChI is InChI=1S/C17H21NO2/c1-3-14-18(2)17(19-15-10-6-4-7-11-15)20-16-12-8-5-9-13-16/h4-13,17H,3,14H2,1-2H3. The van der Waals surface area contributed by atoms with Gasteiger partial charge < -0.3 is 9.47 Å². The molecule has 0 aromatic heterocycles. The summed E-state index contributed by atoms with van der Waals surface area (Å²) in [6.45, 7) is 3.04. The Balaban J connectivity index is 2.08. The normalized spacial score (nSPS) is 10.8. The summed E-state index contributed by atoms with van der Waals surface area (Å²) in [7, 11) is 2.00. The average Bonchev–Trinajstić information content (AvgIpc) is 2.49. The zero-order valence-corrected chi connectivity index (χ0v) is 12.0. The zero-order chi connectivity index (χ0) is 14.2. The van der Waals surface area contributed by atoms with Gasteiger partial charge in [0.05, 0.1) is 0 Å². The molecule has 0 fully saturated rings. The van der Waals surface area contributed by atoms with Crippen molar-refractivity contribution in [3.8, 4) is 11.5 Å². The van der Waals surface area contributed by atoms with E-state index < -0.39 is 6.41 Å². The second kappa shape index (κ2) is 7.56. The lowest BCUT2D eigenvalue weighted by molar-refractivity contribution is -0.104. The average molecular weight is 271 g/mol. The molecule has 0 heterocycles. The molecule has 0 amide bonds. The third-order valence-electron chi connectivity index (χ3n) is 2.90. The third-order valence-corrected chi connectivity index (χ3v) is 2.90. The summed E-state index contributed by atoms with van der Waals surface area (Å²) >= 11 is 0. The van der Waals surface area contributed by atoms with Gasteiger partial charge in [0, 0.05) is 6.54 Å². The van der Waals surface area contributed by atoms with Gasteiger partial charge in [-0.25, -0.2) is 4.90 Å². The Hall–Kier alpha value is -2.00. The molecule has 0 radical (unpaired) electrons. The van der Waals surface area contributed by atoms with Gasteiger partial charge in [0.2, 0.25) is 0 Å². The Labute approximate surface area is 120 Å². The van der Waals surface area contributed by atoms with Gasteiger partial charge in [-0.1, -0.05) is 43.3 Å². The number of rotatable bonds is 7. The van der Waals surface area contributed by atoms with Crippen molar-refractivity contribution in [2.24, 2.45) is 0 Å². The van der Waals surface area contributed by atoms with E-state index in [4.69, 9.17) is 9.47 Å². The summed E-state index contributed by atoms with van der Waals surface area (Å²) in [5.74, 6) is 1.60. The number of nitrogens with zero attached hydrogens (tertiary/aromatic N) is 1. The van der Waals surface area contributed by atoms with Crippen LogP contribution in [0.1, 0.15) is 13.3 Å². The summed E-state index contributed by atoms with van der Waals surface area (Å²) in [4.78, 5) is 2.06. The van der Waals surface area contributed by atoms with E-state index >= 15 is 0 Å². The molecule has 2 aromatic rings. The fraction of sp³-hybridized carbons (Fsp3) is 0.294. The molecule has 0 unspecified atom stereocenters. The Kier molecular flexibility index (Phi) is 5.44. The Bertz CT molecular complexity index is 445. The van der Waals surface area contributed by atoms with Crippen LogP contribution in [-0.4, -0.2) is 24.9 Å². The first-order valence-corrected chi connectivity index (χ1v) is 6.93. The Morgan fingerprint density at radius 2 is 1.30 bits per heavy atom. The van der Waals surface area contributed by atoms with Crippen molar-refractivity contribution < 1.29 is 9.47 Å². The molecule has 0 atom stereocenters. The number of para-hydroxylation sites is 2. The molecule has 0 aliphatic carbocycles. The first kappa shape index (κ1) is 14.4. The van der Waals surface area contributed by atoms with Crippen LogP contribution in [0.25, 0.3) is 0 Å². The number of hydrogen-bond donors (Lipinski definition) is 0. The van der Waals surface area contributed by atoms with Gasteiger partial charge in [-0.05, 0) is 37.7 Å². The van der Waals surface area contributed by atoms with Crippen LogP contribution in [0.5, 0.6) is 11.5 Å². The molecule has 2 aromatic carbocycles. The lowest BCUT2D eigenvalue weighted by atomic mass is 10.3. The molecule has 20 heavy (non-hydrogen) atoms. The molecule has 0 bridgehead atoms. The Morgan fingerprint density at radius 3 is 1.70 bits per heavy atom. The smallest absolute Gasteiger partial charge is 0.304 e. The van der Waals surface area contributed by atoms with E-state index in [1.54, 1.807) is 0 Å². The maximum absolute atomic E-state index is 5.94. The lowest BCUT2D eigenvalue weighted by Gasteiger charge is -2.28. The first-order chi connectivity index (χ1) is 9.79. The molecule has 2 rings (SSSR count). The topological polar surface area (TPSA) is 21.7 Å². The molecule has 0 N–H and O–H groups in total. The largest absolute Gasteiger partial charge is 0.442 e. The van der Waals surface area contributed by atoms with Gasteiger partial charge in [0.15, 0.2) is 0 Å². The third kappa shape index (κ3) is 4.28. The zero-order valence-electron chi connectivity index (χ0n) is 12.0. The van der Waals surface area contributed by atoms with E-state index in [1.165, 1.54) is 0 Å². The van der Waals surface area contributed by atoms with Crippen LogP contribution in [0.3, 0.4) is 0 Å². The minimum atomic E-state index is -0.431. The van der Waals surface area contributed by atoms with E-state index in [0.29, 0.717) is 0 Å². The molecular formula is C17H21NO2. The second-order valence-corrected chi connectivity index (χ2v) is 4.65. The number of hydrogen-bond acceptors (Lipinski definition) is 3. The van der Waals surface area contributed by atoms with E-state index in [1.807, 2.05) is 67.7 Å². The summed E-state index contributed by atoms with van der Waals surface area (Å²) in [5.41, 5.74) is 0. The van der Waals surface area contributed by atoms with Gasteiger partial charge >= 0.3 is 6.41 Å². The van der Waals surface area contributed by atoms with E-state index in [2.05, 4.69) is 11.8 Å². The van der Waals surface area contributed by atoms with Crippen molar-refractivity contribution in [1.82, 2.24) is 4.90 Å². The van der Waals surface area contributed by atoms with Crippen LogP contribution in [-0.2, 0) is 0 Å². The molecule has 0 saturated carbocycles. The van der Waals surface area contributed by atoms with Crippen molar-refractivity contribution in [3.63, 3.8) is 0 Å². The van der Waals surface area contributed by atoms with Crippen molar-refractivity contribution in [2.75, 3.05) is 13.6 Å². The van der Waals surface area contributed by atoms with Gasteiger partial charge in [0.25, 0.3) is 0 Å². The van der Waals surface area contributed by atoms with Crippen molar-refractivity contribution in [3.05, 3.63) is 60.7 Å². The van der Waals surface area contributed by atoms with Gasteiger partial charge in [-0.3, -0.25) is 0 Å².